The van der Waals surface area contributed by atoms with Crippen LogP contribution in [0.15, 0.2) is 24.5 Å². The van der Waals surface area contributed by atoms with Gasteiger partial charge in [-0.15, -0.1) is 10.2 Å². The molecule has 0 amide bonds. The smallest absolute Gasteiger partial charge is 0.170 e. The minimum Gasteiger partial charge on any atom is -0.485 e. The second-order valence-electron chi connectivity index (χ2n) is 5.00. The van der Waals surface area contributed by atoms with Gasteiger partial charge in [0.2, 0.25) is 0 Å². The van der Waals surface area contributed by atoms with Crippen LogP contribution >= 0.6 is 11.6 Å². The fourth-order valence-electron chi connectivity index (χ4n) is 2.04. The first-order valence-electron chi connectivity index (χ1n) is 7.10. The van der Waals surface area contributed by atoms with Crippen LogP contribution in [-0.2, 0) is 13.7 Å². The molecule has 0 saturated carbocycles. The lowest BCUT2D eigenvalue weighted by Gasteiger charge is -2.18. The molecule has 0 bridgehead atoms. The van der Waals surface area contributed by atoms with Crippen LogP contribution in [0.5, 0.6) is 5.75 Å². The molecule has 1 heterocycles. The molecule has 0 aliphatic heterocycles. The summed E-state index contributed by atoms with van der Waals surface area (Å²) in [5.41, 5.74) is 1.05. The van der Waals surface area contributed by atoms with E-state index in [0.29, 0.717) is 11.6 Å². The third-order valence-electron chi connectivity index (χ3n) is 3.30. The molecule has 1 aromatic carbocycles. The van der Waals surface area contributed by atoms with Crippen molar-refractivity contribution in [2.75, 3.05) is 6.54 Å². The summed E-state index contributed by atoms with van der Waals surface area (Å²) in [5, 5.41) is 12.0. The summed E-state index contributed by atoms with van der Waals surface area (Å²) in [6, 6.07) is 5.86. The Bertz CT molecular complexity index is 585. The summed E-state index contributed by atoms with van der Waals surface area (Å²) in [7, 11) is 1.90. The summed E-state index contributed by atoms with van der Waals surface area (Å²) >= 11 is 6.11. The lowest BCUT2D eigenvalue weighted by molar-refractivity contribution is 0.285. The Morgan fingerprint density at radius 3 is 2.90 bits per heavy atom. The molecule has 6 heteroatoms. The SMILES string of the molecule is CCCNC(C)c1cc(Cl)ccc1OCc1nncn1C. The van der Waals surface area contributed by atoms with Gasteiger partial charge < -0.3 is 14.6 Å². The highest BCUT2D eigenvalue weighted by Crippen LogP contribution is 2.29. The van der Waals surface area contributed by atoms with Crippen molar-refractivity contribution in [2.24, 2.45) is 7.05 Å². The zero-order chi connectivity index (χ0) is 15.2. The number of benzene rings is 1. The van der Waals surface area contributed by atoms with Gasteiger partial charge in [0.25, 0.3) is 0 Å². The van der Waals surface area contributed by atoms with Crippen LogP contribution in [0, 0.1) is 0 Å². The van der Waals surface area contributed by atoms with Crippen molar-refractivity contribution in [3.63, 3.8) is 0 Å². The number of hydrogen-bond donors (Lipinski definition) is 1. The van der Waals surface area contributed by atoms with Crippen molar-refractivity contribution >= 4 is 11.6 Å². The predicted molar refractivity (Wildman–Crippen MR) is 83.5 cm³/mol. The maximum atomic E-state index is 6.11. The summed E-state index contributed by atoms with van der Waals surface area (Å²) in [6.45, 7) is 5.59. The molecule has 1 N–H and O–H groups in total. The molecule has 0 radical (unpaired) electrons. The highest BCUT2D eigenvalue weighted by atomic mass is 35.5. The van der Waals surface area contributed by atoms with Gasteiger partial charge >= 0.3 is 0 Å². The van der Waals surface area contributed by atoms with Crippen LogP contribution in [-0.4, -0.2) is 21.3 Å². The van der Waals surface area contributed by atoms with Gasteiger partial charge in [-0.1, -0.05) is 18.5 Å². The van der Waals surface area contributed by atoms with E-state index in [9.17, 15) is 0 Å². The Hall–Kier alpha value is -1.59. The second-order valence-corrected chi connectivity index (χ2v) is 5.44. The Morgan fingerprint density at radius 2 is 2.24 bits per heavy atom. The van der Waals surface area contributed by atoms with Gasteiger partial charge in [0, 0.05) is 23.7 Å². The van der Waals surface area contributed by atoms with Crippen LogP contribution in [0.2, 0.25) is 5.02 Å². The summed E-state index contributed by atoms with van der Waals surface area (Å²) in [6.07, 6.45) is 2.74. The molecule has 2 rings (SSSR count). The number of nitrogens with zero attached hydrogens (tertiary/aromatic N) is 3. The minimum absolute atomic E-state index is 0.179. The number of halogens is 1. The maximum absolute atomic E-state index is 6.11. The molecule has 0 aliphatic rings. The molecule has 2 aromatic rings. The highest BCUT2D eigenvalue weighted by Gasteiger charge is 2.13. The van der Waals surface area contributed by atoms with Crippen LogP contribution in [0.1, 0.15) is 37.7 Å². The fraction of sp³-hybridized carbons (Fsp3) is 0.467. The first-order chi connectivity index (χ1) is 10.1. The van der Waals surface area contributed by atoms with Gasteiger partial charge in [-0.3, -0.25) is 0 Å². The van der Waals surface area contributed by atoms with Gasteiger partial charge in [0.05, 0.1) is 0 Å². The molecule has 21 heavy (non-hydrogen) atoms. The Morgan fingerprint density at radius 1 is 1.43 bits per heavy atom. The van der Waals surface area contributed by atoms with Crippen molar-refractivity contribution in [3.05, 3.63) is 40.9 Å². The highest BCUT2D eigenvalue weighted by molar-refractivity contribution is 6.30. The van der Waals surface area contributed by atoms with Gasteiger partial charge in [-0.25, -0.2) is 0 Å². The quantitative estimate of drug-likeness (QED) is 0.854. The van der Waals surface area contributed by atoms with Crippen molar-refractivity contribution < 1.29 is 4.74 Å². The van der Waals surface area contributed by atoms with Crippen LogP contribution in [0.25, 0.3) is 0 Å². The van der Waals surface area contributed by atoms with Crippen LogP contribution in [0.3, 0.4) is 0 Å². The molecule has 1 atom stereocenters. The number of aromatic nitrogens is 3. The van der Waals surface area contributed by atoms with E-state index < -0.39 is 0 Å². The topological polar surface area (TPSA) is 52.0 Å². The largest absolute Gasteiger partial charge is 0.485 e. The van der Waals surface area contributed by atoms with Crippen molar-refractivity contribution in [1.29, 1.82) is 0 Å². The number of hydrogen-bond acceptors (Lipinski definition) is 4. The third kappa shape index (κ3) is 4.19. The average molecular weight is 309 g/mol. The molecular formula is C15H21ClN4O. The standard InChI is InChI=1S/C15H21ClN4O/c1-4-7-17-11(2)13-8-12(16)5-6-14(13)21-9-15-19-18-10-20(15)3/h5-6,8,10-11,17H,4,7,9H2,1-3H3. The molecule has 0 saturated heterocycles. The van der Waals surface area contributed by atoms with E-state index in [-0.39, 0.29) is 6.04 Å². The lowest BCUT2D eigenvalue weighted by atomic mass is 10.1. The maximum Gasteiger partial charge on any atom is 0.170 e. The summed E-state index contributed by atoms with van der Waals surface area (Å²) < 4.78 is 7.74. The molecule has 0 aliphatic carbocycles. The molecule has 114 valence electrons. The minimum atomic E-state index is 0.179. The zero-order valence-corrected chi connectivity index (χ0v) is 13.4. The van der Waals surface area contributed by atoms with Gasteiger partial charge in [0.15, 0.2) is 5.82 Å². The van der Waals surface area contributed by atoms with Crippen LogP contribution < -0.4 is 10.1 Å². The van der Waals surface area contributed by atoms with E-state index >= 15 is 0 Å². The van der Waals surface area contributed by atoms with Crippen molar-refractivity contribution in [1.82, 2.24) is 20.1 Å². The molecule has 0 spiro atoms. The molecule has 1 unspecified atom stereocenters. The third-order valence-corrected chi connectivity index (χ3v) is 3.54. The normalized spacial score (nSPS) is 12.4. The first-order valence-corrected chi connectivity index (χ1v) is 7.48. The van der Waals surface area contributed by atoms with E-state index in [1.165, 1.54) is 0 Å². The molecular weight excluding hydrogens is 288 g/mol. The van der Waals surface area contributed by atoms with E-state index in [1.807, 2.05) is 29.8 Å². The first kappa shape index (κ1) is 15.8. The lowest BCUT2D eigenvalue weighted by Crippen LogP contribution is -2.20. The summed E-state index contributed by atoms with van der Waals surface area (Å²) in [5.74, 6) is 1.60. The molecule has 5 nitrogen and oxygen atoms in total. The van der Waals surface area contributed by atoms with Gasteiger partial charge in [-0.05, 0) is 38.1 Å². The van der Waals surface area contributed by atoms with E-state index in [0.717, 1.165) is 30.1 Å². The number of nitrogens with one attached hydrogen (secondary N) is 1. The Balaban J connectivity index is 2.12. The predicted octanol–water partition coefficient (Wildman–Crippen LogP) is 3.11. The van der Waals surface area contributed by atoms with Crippen molar-refractivity contribution in [2.45, 2.75) is 32.9 Å². The number of rotatable bonds is 7. The Labute approximate surface area is 130 Å². The number of aryl methyl sites for hydroxylation is 1. The summed E-state index contributed by atoms with van der Waals surface area (Å²) in [4.78, 5) is 0. The van der Waals surface area contributed by atoms with E-state index in [2.05, 4.69) is 29.4 Å². The fourth-order valence-corrected chi connectivity index (χ4v) is 2.22. The second kappa shape index (κ2) is 7.43. The van der Waals surface area contributed by atoms with Gasteiger partial charge in [-0.2, -0.15) is 0 Å². The van der Waals surface area contributed by atoms with E-state index in [1.54, 1.807) is 6.33 Å². The average Bonchev–Trinajstić information content (AvgIpc) is 2.88. The Kier molecular flexibility index (Phi) is 5.59. The molecule has 0 fully saturated rings. The number of ether oxygens (including phenoxy) is 1. The van der Waals surface area contributed by atoms with Crippen LogP contribution in [0.4, 0.5) is 0 Å². The van der Waals surface area contributed by atoms with Gasteiger partial charge in [0.1, 0.15) is 18.7 Å². The van der Waals surface area contributed by atoms with E-state index in [4.69, 9.17) is 16.3 Å². The van der Waals surface area contributed by atoms with Crippen molar-refractivity contribution in [3.8, 4) is 5.75 Å². The zero-order valence-electron chi connectivity index (χ0n) is 12.6. The monoisotopic (exact) mass is 308 g/mol. The molecule has 1 aromatic heterocycles.